The van der Waals surface area contributed by atoms with Gasteiger partial charge in [-0.1, -0.05) is 0 Å². The molecule has 0 saturated carbocycles. The normalized spacial score (nSPS) is 34.8. The molecule has 8 N–H and O–H groups in total. The van der Waals surface area contributed by atoms with Crippen LogP contribution in [0.3, 0.4) is 0 Å². The van der Waals surface area contributed by atoms with E-state index in [1.165, 1.54) is 20.0 Å². The molecule has 3 aliphatic heterocycles. The van der Waals surface area contributed by atoms with Crippen molar-refractivity contribution < 1.29 is 44.8 Å². The van der Waals surface area contributed by atoms with Crippen LogP contribution in [0.4, 0.5) is 0 Å². The fourth-order valence-electron chi connectivity index (χ4n) is 5.23. The average Bonchev–Trinajstić information content (AvgIpc) is 3.50. The molecule has 2 aromatic rings. The van der Waals surface area contributed by atoms with Gasteiger partial charge < -0.3 is 44.8 Å². The number of nitrogens with one attached hydrogen (secondary N) is 2. The molecule has 44 heavy (non-hydrogen) atoms. The molecule has 5 heterocycles. The Morgan fingerprint density at radius 1 is 0.818 bits per heavy atom. The topological polar surface area (TPSA) is 307 Å². The van der Waals surface area contributed by atoms with Crippen molar-refractivity contribution in [1.82, 2.24) is 19.1 Å². The van der Waals surface area contributed by atoms with E-state index in [1.54, 1.807) is 19.9 Å². The van der Waals surface area contributed by atoms with Crippen LogP contribution in [0, 0.1) is 22.7 Å². The number of rotatable bonds is 4. The van der Waals surface area contributed by atoms with Gasteiger partial charge in [0.2, 0.25) is 0 Å². The molecule has 0 amide bonds. The zero-order chi connectivity index (χ0) is 32.1. The number of ether oxygens (including phenoxy) is 4. The van der Waals surface area contributed by atoms with Crippen molar-refractivity contribution in [3.63, 3.8) is 0 Å². The third-order valence-corrected chi connectivity index (χ3v) is 7.17. The van der Waals surface area contributed by atoms with E-state index >= 15 is 0 Å². The van der Waals surface area contributed by atoms with Crippen molar-refractivity contribution in [2.75, 3.05) is 0 Å². The lowest BCUT2D eigenvalue weighted by atomic mass is 10.0. The van der Waals surface area contributed by atoms with Crippen LogP contribution in [-0.2, 0) is 30.4 Å². The lowest BCUT2D eigenvalue weighted by Gasteiger charge is -2.30. The zero-order valence-corrected chi connectivity index (χ0v) is 23.8. The molecule has 3 aliphatic rings. The van der Waals surface area contributed by atoms with Crippen LogP contribution in [0.15, 0.2) is 43.7 Å². The van der Waals surface area contributed by atoms with E-state index in [0.717, 1.165) is 22.9 Å². The highest BCUT2D eigenvalue weighted by Gasteiger charge is 2.66. The zero-order valence-electron chi connectivity index (χ0n) is 23.8. The maximum atomic E-state index is 12.1. The van der Waals surface area contributed by atoms with Crippen molar-refractivity contribution in [3.8, 4) is 12.1 Å². The van der Waals surface area contributed by atoms with Gasteiger partial charge in [0.05, 0.1) is 12.2 Å². The number of aromatic amines is 2. The molecule has 10 atom stereocenters. The van der Waals surface area contributed by atoms with Gasteiger partial charge in [-0.05, 0) is 27.7 Å². The third-order valence-electron chi connectivity index (χ3n) is 7.17. The van der Waals surface area contributed by atoms with E-state index in [-0.39, 0.29) is 5.48 Å². The van der Waals surface area contributed by atoms with Gasteiger partial charge in [0.25, 0.3) is 22.6 Å². The van der Waals surface area contributed by atoms with Crippen molar-refractivity contribution in [2.24, 2.45) is 0 Å². The molecule has 0 spiro atoms. The highest BCUT2D eigenvalue weighted by molar-refractivity contribution is 5.16. The van der Waals surface area contributed by atoms with E-state index in [0.29, 0.717) is 4.57 Å². The first-order chi connectivity index (χ1) is 20.0. The minimum absolute atomic E-state index is 0. The van der Waals surface area contributed by atoms with E-state index in [4.69, 9.17) is 18.9 Å². The van der Waals surface area contributed by atoms with Crippen molar-refractivity contribution in [3.05, 3.63) is 66.2 Å². The number of aliphatic hydroxyl groups is 4. The van der Waals surface area contributed by atoms with Gasteiger partial charge in [0.1, 0.15) is 42.7 Å². The van der Waals surface area contributed by atoms with E-state index < -0.39 is 88.6 Å². The van der Waals surface area contributed by atoms with Gasteiger partial charge in [0.15, 0.2) is 11.9 Å². The summed E-state index contributed by atoms with van der Waals surface area (Å²) in [5.41, 5.74) is -7.12. The molecule has 3 fully saturated rings. The van der Waals surface area contributed by atoms with Crippen LogP contribution in [0.1, 0.15) is 27.7 Å². The van der Waals surface area contributed by atoms with Crippen LogP contribution in [0.2, 0.25) is 0 Å². The van der Waals surface area contributed by atoms with Gasteiger partial charge >= 0.3 is 11.4 Å². The minimum atomic E-state index is -2.22. The smallest absolute Gasteiger partial charge is 0.331 e. The molecule has 0 aromatic carbocycles. The summed E-state index contributed by atoms with van der Waals surface area (Å²) in [7, 11) is 0. The van der Waals surface area contributed by atoms with Crippen LogP contribution in [-0.4, -0.2) is 99.6 Å². The molecule has 19 heteroatoms. The Kier molecular flexibility index (Phi) is 9.53. The number of aliphatic hydroxyl groups excluding tert-OH is 4. The lowest BCUT2D eigenvalue weighted by molar-refractivity contribution is -0.225. The number of nitrogens with zero attached hydrogens (tertiary/aromatic N) is 4. The summed E-state index contributed by atoms with van der Waals surface area (Å²) in [6.45, 7) is 6.15. The number of nitriles is 2. The predicted octanol–water partition coefficient (Wildman–Crippen LogP) is -4.60. The first-order valence-corrected chi connectivity index (χ1v) is 12.9. The van der Waals surface area contributed by atoms with Gasteiger partial charge in [-0.15, -0.1) is 0 Å². The lowest BCUT2D eigenvalue weighted by Crippen LogP contribution is -2.50. The number of hydrogen-bond acceptors (Lipinski definition) is 14. The Hall–Kier alpha value is -4.02. The molecule has 0 radical (unpaired) electrons. The van der Waals surface area contributed by atoms with Crippen LogP contribution in [0.25, 0.3) is 0 Å². The average molecular weight is 625 g/mol. The molecular formula is C25H32N6O13. The Morgan fingerprint density at radius 3 is 1.68 bits per heavy atom. The van der Waals surface area contributed by atoms with Crippen molar-refractivity contribution >= 4 is 0 Å². The summed E-state index contributed by atoms with van der Waals surface area (Å²) in [5.74, 6) is -1.000. The second-order valence-corrected chi connectivity index (χ2v) is 10.7. The second kappa shape index (κ2) is 12.2. The maximum Gasteiger partial charge on any atom is 0.331 e. The minimum Gasteiger partial charge on any atom is -0.412 e. The Balaban J connectivity index is 0.000000238. The quantitative estimate of drug-likeness (QED) is 0.187. The molecule has 240 valence electrons. The largest absolute Gasteiger partial charge is 0.412 e. The Morgan fingerprint density at radius 2 is 1.27 bits per heavy atom. The number of H-pyrrole nitrogens is 2. The number of aromatic nitrogens is 4. The summed E-state index contributed by atoms with van der Waals surface area (Å²) < 4.78 is 24.1. The van der Waals surface area contributed by atoms with Gasteiger partial charge in [0, 0.05) is 24.5 Å². The Bertz CT molecular complexity index is 1680. The second-order valence-electron chi connectivity index (χ2n) is 10.7. The van der Waals surface area contributed by atoms with E-state index in [1.807, 2.05) is 11.1 Å². The van der Waals surface area contributed by atoms with Crippen molar-refractivity contribution in [1.29, 1.82) is 10.5 Å². The molecule has 3 saturated heterocycles. The summed E-state index contributed by atoms with van der Waals surface area (Å²) in [6.07, 6.45) is -7.09. The number of fused-ring (bicyclic) bond motifs is 1. The van der Waals surface area contributed by atoms with Crippen molar-refractivity contribution in [2.45, 2.75) is 93.8 Å². The van der Waals surface area contributed by atoms with Gasteiger partial charge in [-0.3, -0.25) is 28.7 Å². The van der Waals surface area contributed by atoms with E-state index in [2.05, 4.69) is 4.98 Å². The molecule has 0 bridgehead atoms. The molecule has 0 aliphatic carbocycles. The van der Waals surface area contributed by atoms with Crippen LogP contribution in [0.5, 0.6) is 0 Å². The predicted molar refractivity (Wildman–Crippen MR) is 142 cm³/mol. The maximum absolute atomic E-state index is 12.1. The van der Waals surface area contributed by atoms with Gasteiger partial charge in [-0.25, -0.2) is 9.59 Å². The van der Waals surface area contributed by atoms with Crippen LogP contribution < -0.4 is 22.5 Å². The first kappa shape index (κ1) is 34.5. The third kappa shape index (κ3) is 5.64. The summed E-state index contributed by atoms with van der Waals surface area (Å²) in [5, 5.41) is 58.3. The fraction of sp³-hybridized carbons (Fsp3) is 0.600. The SMILES string of the molecule is C[C@H](O)[C@H]1O[C@@](C#N)(n2ccc(=O)[nH]c2=O)[C@@H]2OC(C)(C)O[C@H]12.C[C@H](O)[C@H]1O[C@@](C#N)(n2ccc(=O)[nH]c2=O)[C@H](O)[C@@H]1O.O. The summed E-state index contributed by atoms with van der Waals surface area (Å²) >= 11 is 0. The number of hydrogen-bond donors (Lipinski definition) is 6. The highest BCUT2D eigenvalue weighted by Crippen LogP contribution is 2.46. The molecule has 2 aromatic heterocycles. The monoisotopic (exact) mass is 624 g/mol. The van der Waals surface area contributed by atoms with Crippen LogP contribution >= 0.6 is 0 Å². The fourth-order valence-corrected chi connectivity index (χ4v) is 5.23. The Labute approximate surface area is 247 Å². The van der Waals surface area contributed by atoms with E-state index in [9.17, 15) is 50.1 Å². The standard InChI is InChI=1S/C14H17N3O6.C11H13N3O6.H2O/c1-7(18)9-10-11(23-13(2,3)21-10)14(6-15,22-9)17-5-4-8(19)16-12(17)20;1-5(15)8-7(17)9(18)11(4-12,20-8)14-3-2-6(16)13-10(14)19;/h4-5,7,9-11,18H,1-3H3,(H,16,19,20);2-3,5,7-9,15,17-18H,1H3,(H,13,16,19);1H2/t7-,9+,10+,11+,14+;5-,7+,8+,9+,11+;/m00./s1. The highest BCUT2D eigenvalue weighted by atomic mass is 16.8. The molecule has 0 unspecified atom stereocenters. The summed E-state index contributed by atoms with van der Waals surface area (Å²) in [6, 6.07) is 5.64. The molecule has 5 rings (SSSR count). The van der Waals surface area contributed by atoms with Gasteiger partial charge in [-0.2, -0.15) is 10.5 Å². The first-order valence-electron chi connectivity index (χ1n) is 12.9. The summed E-state index contributed by atoms with van der Waals surface area (Å²) in [4.78, 5) is 50.2. The molecule has 19 nitrogen and oxygen atoms in total. The molecular weight excluding hydrogens is 592 g/mol.